The van der Waals surface area contributed by atoms with Crippen LogP contribution >= 0.6 is 11.3 Å². The van der Waals surface area contributed by atoms with Crippen molar-refractivity contribution in [1.82, 2.24) is 5.32 Å². The van der Waals surface area contributed by atoms with Crippen LogP contribution in [0.4, 0.5) is 9.80 Å². The van der Waals surface area contributed by atoms with E-state index in [-0.39, 0.29) is 35.7 Å². The molecular weight excluding hydrogens is 468 g/mol. The molecule has 11 heteroatoms. The molecule has 0 saturated carbocycles. The van der Waals surface area contributed by atoms with Crippen molar-refractivity contribution in [2.75, 3.05) is 24.8 Å². The molecule has 9 nitrogen and oxygen atoms in total. The van der Waals surface area contributed by atoms with Gasteiger partial charge in [-0.05, 0) is 62.4 Å². The van der Waals surface area contributed by atoms with Crippen LogP contribution in [-0.2, 0) is 32.2 Å². The van der Waals surface area contributed by atoms with E-state index in [1.54, 1.807) is 19.1 Å². The molecule has 0 saturated heterocycles. The number of ether oxygens (including phenoxy) is 2. The first kappa shape index (κ1) is 24.7. The Hall–Kier alpha value is -2.92. The molecule has 1 heterocycles. The van der Waals surface area contributed by atoms with E-state index < -0.39 is 27.7 Å². The normalized spacial score (nSPS) is 12.7. The summed E-state index contributed by atoms with van der Waals surface area (Å²) in [6, 6.07) is 6.07. The molecule has 3 amide bonds. The fourth-order valence-corrected chi connectivity index (χ4v) is 6.18. The number of methoxy groups -OCH3 is 1. The Labute approximate surface area is 196 Å². The van der Waals surface area contributed by atoms with Gasteiger partial charge in [0.15, 0.2) is 9.84 Å². The molecule has 1 aliphatic rings. The van der Waals surface area contributed by atoms with E-state index in [2.05, 4.69) is 10.6 Å². The summed E-state index contributed by atoms with van der Waals surface area (Å²) in [5.41, 5.74) is 1.11. The minimum atomic E-state index is -3.54. The number of hydrogen-bond acceptors (Lipinski definition) is 8. The zero-order chi connectivity index (χ0) is 24.0. The third-order valence-electron chi connectivity index (χ3n) is 5.13. The van der Waals surface area contributed by atoms with Crippen LogP contribution in [0.1, 0.15) is 47.0 Å². The van der Waals surface area contributed by atoms with E-state index in [0.29, 0.717) is 17.2 Å². The lowest BCUT2D eigenvalue weighted by molar-refractivity contribution is -0.116. The van der Waals surface area contributed by atoms with Crippen LogP contribution in [0.15, 0.2) is 29.2 Å². The number of carbonyl (C=O) groups excluding carboxylic acids is 3. The van der Waals surface area contributed by atoms with E-state index in [0.717, 1.165) is 23.3 Å². The SMILES string of the molecule is CCOC(=O)NC(=O)c1c(NC(=O)CCCS(=O)(=O)c2ccc(OC)cc2)sc2c1CCC2. The van der Waals surface area contributed by atoms with Gasteiger partial charge in [-0.3, -0.25) is 14.9 Å². The molecule has 0 bridgehead atoms. The highest BCUT2D eigenvalue weighted by atomic mass is 32.2. The quantitative estimate of drug-likeness (QED) is 0.547. The number of hydrogen-bond donors (Lipinski definition) is 2. The first-order valence-corrected chi connectivity index (χ1v) is 13.0. The van der Waals surface area contributed by atoms with Crippen molar-refractivity contribution in [3.63, 3.8) is 0 Å². The number of carbonyl (C=O) groups is 3. The highest BCUT2D eigenvalue weighted by Gasteiger charge is 2.28. The number of anilines is 1. The van der Waals surface area contributed by atoms with Crippen LogP contribution in [0.25, 0.3) is 0 Å². The van der Waals surface area contributed by atoms with E-state index in [4.69, 9.17) is 9.47 Å². The summed E-state index contributed by atoms with van der Waals surface area (Å²) in [5.74, 6) is -0.654. The van der Waals surface area contributed by atoms with Gasteiger partial charge in [-0.1, -0.05) is 0 Å². The largest absolute Gasteiger partial charge is 0.497 e. The van der Waals surface area contributed by atoms with Gasteiger partial charge >= 0.3 is 6.09 Å². The predicted octanol–water partition coefficient (Wildman–Crippen LogP) is 3.32. The number of nitrogens with one attached hydrogen (secondary N) is 2. The van der Waals surface area contributed by atoms with Gasteiger partial charge in [0, 0.05) is 11.3 Å². The summed E-state index contributed by atoms with van der Waals surface area (Å²) in [6.07, 6.45) is 1.63. The second kappa shape index (κ2) is 10.8. The first-order valence-electron chi connectivity index (χ1n) is 10.5. The summed E-state index contributed by atoms with van der Waals surface area (Å²) < 4.78 is 34.8. The fourth-order valence-electron chi connectivity index (χ4n) is 3.57. The van der Waals surface area contributed by atoms with Gasteiger partial charge in [0.2, 0.25) is 5.91 Å². The molecule has 1 aliphatic carbocycles. The molecule has 0 unspecified atom stereocenters. The Morgan fingerprint density at radius 2 is 1.85 bits per heavy atom. The second-order valence-corrected chi connectivity index (χ2v) is 10.6. The number of alkyl carbamates (subject to hydrolysis) is 1. The van der Waals surface area contributed by atoms with Gasteiger partial charge in [0.25, 0.3) is 5.91 Å². The zero-order valence-corrected chi connectivity index (χ0v) is 20.1. The Morgan fingerprint density at radius 3 is 2.52 bits per heavy atom. The van der Waals surface area contributed by atoms with E-state index in [9.17, 15) is 22.8 Å². The average Bonchev–Trinajstić information content (AvgIpc) is 3.34. The molecular formula is C22H26N2O7S2. The maximum Gasteiger partial charge on any atom is 0.414 e. The van der Waals surface area contributed by atoms with E-state index in [1.807, 2.05) is 0 Å². The lowest BCUT2D eigenvalue weighted by atomic mass is 10.1. The predicted molar refractivity (Wildman–Crippen MR) is 124 cm³/mol. The smallest absolute Gasteiger partial charge is 0.414 e. The highest BCUT2D eigenvalue weighted by Crippen LogP contribution is 2.39. The van der Waals surface area contributed by atoms with Crippen LogP contribution in [0.5, 0.6) is 5.75 Å². The monoisotopic (exact) mass is 494 g/mol. The molecule has 2 N–H and O–H groups in total. The van der Waals surface area contributed by atoms with Crippen molar-refractivity contribution in [3.8, 4) is 5.75 Å². The lowest BCUT2D eigenvalue weighted by Gasteiger charge is -2.09. The second-order valence-electron chi connectivity index (χ2n) is 7.38. The summed E-state index contributed by atoms with van der Waals surface area (Å²) >= 11 is 1.31. The minimum absolute atomic E-state index is 0.0309. The number of rotatable bonds is 9. The van der Waals surface area contributed by atoms with Crippen LogP contribution < -0.4 is 15.4 Å². The fraction of sp³-hybridized carbons (Fsp3) is 0.409. The van der Waals surface area contributed by atoms with E-state index in [1.165, 1.54) is 30.6 Å². The molecule has 0 fully saturated rings. The summed E-state index contributed by atoms with van der Waals surface area (Å²) in [6.45, 7) is 1.76. The lowest BCUT2D eigenvalue weighted by Crippen LogP contribution is -2.32. The highest BCUT2D eigenvalue weighted by molar-refractivity contribution is 7.91. The van der Waals surface area contributed by atoms with Gasteiger partial charge in [-0.2, -0.15) is 0 Å². The number of aryl methyl sites for hydroxylation is 1. The van der Waals surface area contributed by atoms with Crippen molar-refractivity contribution >= 4 is 44.1 Å². The molecule has 0 aliphatic heterocycles. The number of imide groups is 1. The van der Waals surface area contributed by atoms with Crippen LogP contribution in [0.3, 0.4) is 0 Å². The number of fused-ring (bicyclic) bond motifs is 1. The van der Waals surface area contributed by atoms with Crippen molar-refractivity contribution in [1.29, 1.82) is 0 Å². The molecule has 0 spiro atoms. The summed E-state index contributed by atoms with van der Waals surface area (Å²) in [5, 5.41) is 5.27. The molecule has 0 atom stereocenters. The Kier molecular flexibility index (Phi) is 8.09. The van der Waals surface area contributed by atoms with Crippen molar-refractivity contribution in [3.05, 3.63) is 40.3 Å². The summed E-state index contributed by atoms with van der Waals surface area (Å²) in [7, 11) is -2.04. The Balaban J connectivity index is 1.62. The molecule has 3 rings (SSSR count). The molecule has 0 radical (unpaired) electrons. The third kappa shape index (κ3) is 6.11. The van der Waals surface area contributed by atoms with E-state index >= 15 is 0 Å². The molecule has 1 aromatic carbocycles. The van der Waals surface area contributed by atoms with Crippen molar-refractivity contribution < 1.29 is 32.3 Å². The minimum Gasteiger partial charge on any atom is -0.497 e. The number of amides is 3. The molecule has 178 valence electrons. The van der Waals surface area contributed by atoms with Gasteiger partial charge in [-0.25, -0.2) is 13.2 Å². The van der Waals surface area contributed by atoms with Crippen molar-refractivity contribution in [2.45, 2.75) is 43.9 Å². The van der Waals surface area contributed by atoms with Gasteiger partial charge in [0.1, 0.15) is 10.8 Å². The van der Waals surface area contributed by atoms with Crippen molar-refractivity contribution in [2.24, 2.45) is 0 Å². The topological polar surface area (TPSA) is 128 Å². The first-order chi connectivity index (χ1) is 15.7. The zero-order valence-electron chi connectivity index (χ0n) is 18.4. The summed E-state index contributed by atoms with van der Waals surface area (Å²) in [4.78, 5) is 38.0. The number of thiophene rings is 1. The molecule has 2 aromatic rings. The maximum absolute atomic E-state index is 12.7. The van der Waals surface area contributed by atoms with Crippen LogP contribution in [-0.4, -0.2) is 45.8 Å². The van der Waals surface area contributed by atoms with Gasteiger partial charge in [-0.15, -0.1) is 11.3 Å². The maximum atomic E-state index is 12.7. The van der Waals surface area contributed by atoms with Gasteiger partial charge < -0.3 is 14.8 Å². The Bertz CT molecular complexity index is 1140. The number of sulfone groups is 1. The number of benzene rings is 1. The van der Waals surface area contributed by atoms with Gasteiger partial charge in [0.05, 0.1) is 29.9 Å². The standard InChI is InChI=1S/C22H26N2O7S2/c1-3-31-22(27)24-20(26)19-16-6-4-7-17(16)32-21(19)23-18(25)8-5-13-33(28,29)15-11-9-14(30-2)10-12-15/h9-12H,3-8,13H2,1-2H3,(H,23,25)(H,24,26,27). The molecule has 1 aromatic heterocycles. The molecule has 33 heavy (non-hydrogen) atoms. The average molecular weight is 495 g/mol. The van der Waals surface area contributed by atoms with Crippen LogP contribution in [0.2, 0.25) is 0 Å². The Morgan fingerprint density at radius 1 is 1.12 bits per heavy atom. The van der Waals surface area contributed by atoms with Crippen LogP contribution in [0, 0.1) is 0 Å². The third-order valence-corrected chi connectivity index (χ3v) is 8.15.